The van der Waals surface area contributed by atoms with Crippen molar-refractivity contribution in [3.05, 3.63) is 60.3 Å². The average molecular weight is 292 g/mol. The third kappa shape index (κ3) is 3.06. The van der Waals surface area contributed by atoms with Crippen molar-refractivity contribution in [1.29, 1.82) is 0 Å². The zero-order valence-electron chi connectivity index (χ0n) is 13.0. The molecular formula is C18H20N4. The Kier molecular flexibility index (Phi) is 4.28. The molecule has 4 nitrogen and oxygen atoms in total. The zero-order valence-corrected chi connectivity index (χ0v) is 13.0. The second kappa shape index (κ2) is 6.52. The molecule has 2 aromatic heterocycles. The number of hydrogen-bond donors (Lipinski definition) is 0. The van der Waals surface area contributed by atoms with E-state index in [4.69, 9.17) is 4.98 Å². The summed E-state index contributed by atoms with van der Waals surface area (Å²) in [7, 11) is 2.09. The molecule has 0 aliphatic rings. The Morgan fingerprint density at radius 3 is 2.73 bits per heavy atom. The van der Waals surface area contributed by atoms with Gasteiger partial charge in [-0.25, -0.2) is 0 Å². The Labute approximate surface area is 130 Å². The standard InChI is InChI=1S/C18H20N4/c1-3-6-14-11-18(16-7-4-5-8-17(16)21-14)22(2)13-15-12-19-9-10-20-15/h4-5,7-12H,3,6,13H2,1-2H3. The Hall–Kier alpha value is -2.49. The number of aromatic nitrogens is 3. The molecule has 0 amide bonds. The van der Waals surface area contributed by atoms with Crippen LogP contribution in [0.2, 0.25) is 0 Å². The van der Waals surface area contributed by atoms with Gasteiger partial charge in [0.1, 0.15) is 0 Å². The number of fused-ring (bicyclic) bond motifs is 1. The molecule has 3 rings (SSSR count). The zero-order chi connectivity index (χ0) is 15.4. The van der Waals surface area contributed by atoms with Gasteiger partial charge in [0, 0.05) is 36.2 Å². The van der Waals surface area contributed by atoms with Crippen LogP contribution in [-0.4, -0.2) is 22.0 Å². The summed E-state index contributed by atoms with van der Waals surface area (Å²) >= 11 is 0. The summed E-state index contributed by atoms with van der Waals surface area (Å²) in [5.41, 5.74) is 4.35. The molecule has 0 saturated heterocycles. The summed E-state index contributed by atoms with van der Waals surface area (Å²) in [5.74, 6) is 0. The van der Waals surface area contributed by atoms with E-state index in [1.54, 1.807) is 12.4 Å². The topological polar surface area (TPSA) is 41.9 Å². The lowest BCUT2D eigenvalue weighted by atomic mass is 10.1. The molecular weight excluding hydrogens is 272 g/mol. The van der Waals surface area contributed by atoms with Crippen LogP contribution in [0, 0.1) is 0 Å². The Bertz CT molecular complexity index is 755. The predicted octanol–water partition coefficient (Wildman–Crippen LogP) is 3.61. The van der Waals surface area contributed by atoms with Gasteiger partial charge in [0.15, 0.2) is 0 Å². The molecule has 0 saturated carbocycles. The van der Waals surface area contributed by atoms with Gasteiger partial charge in [-0.1, -0.05) is 31.5 Å². The van der Waals surface area contributed by atoms with Crippen molar-refractivity contribution >= 4 is 16.6 Å². The minimum atomic E-state index is 0.730. The number of nitrogens with zero attached hydrogens (tertiary/aromatic N) is 4. The van der Waals surface area contributed by atoms with Crippen molar-refractivity contribution in [3.8, 4) is 0 Å². The third-order valence-electron chi connectivity index (χ3n) is 3.68. The Balaban J connectivity index is 2.00. The van der Waals surface area contributed by atoms with Gasteiger partial charge >= 0.3 is 0 Å². The number of pyridine rings is 1. The molecule has 0 fully saturated rings. The lowest BCUT2D eigenvalue weighted by molar-refractivity contribution is 0.862. The highest BCUT2D eigenvalue weighted by molar-refractivity contribution is 5.91. The van der Waals surface area contributed by atoms with Gasteiger partial charge in [-0.15, -0.1) is 0 Å². The van der Waals surface area contributed by atoms with Gasteiger partial charge < -0.3 is 4.90 Å². The molecule has 3 aromatic rings. The van der Waals surface area contributed by atoms with Crippen LogP contribution in [0.3, 0.4) is 0 Å². The number of rotatable bonds is 5. The molecule has 2 heterocycles. The lowest BCUT2D eigenvalue weighted by Gasteiger charge is -2.21. The first kappa shape index (κ1) is 14.4. The number of benzene rings is 1. The number of hydrogen-bond acceptors (Lipinski definition) is 4. The molecule has 0 radical (unpaired) electrons. The van der Waals surface area contributed by atoms with E-state index >= 15 is 0 Å². The highest BCUT2D eigenvalue weighted by Crippen LogP contribution is 2.27. The first-order valence-corrected chi connectivity index (χ1v) is 7.62. The maximum absolute atomic E-state index is 4.76. The van der Waals surface area contributed by atoms with E-state index < -0.39 is 0 Å². The number of para-hydroxylation sites is 1. The van der Waals surface area contributed by atoms with Crippen LogP contribution in [0.15, 0.2) is 48.9 Å². The van der Waals surface area contributed by atoms with E-state index in [2.05, 4.69) is 53.1 Å². The first-order chi connectivity index (χ1) is 10.8. The van der Waals surface area contributed by atoms with Gasteiger partial charge in [0.25, 0.3) is 0 Å². The summed E-state index contributed by atoms with van der Waals surface area (Å²) < 4.78 is 0. The quantitative estimate of drug-likeness (QED) is 0.720. The lowest BCUT2D eigenvalue weighted by Crippen LogP contribution is -2.18. The van der Waals surface area contributed by atoms with E-state index in [1.807, 2.05) is 12.3 Å². The molecule has 0 atom stereocenters. The van der Waals surface area contributed by atoms with Crippen LogP contribution < -0.4 is 4.90 Å². The molecule has 22 heavy (non-hydrogen) atoms. The van der Waals surface area contributed by atoms with Gasteiger partial charge in [0.2, 0.25) is 0 Å². The molecule has 0 spiro atoms. The monoisotopic (exact) mass is 292 g/mol. The summed E-state index contributed by atoms with van der Waals surface area (Å²) in [5, 5.41) is 1.17. The van der Waals surface area contributed by atoms with Gasteiger partial charge in [-0.05, 0) is 18.6 Å². The minimum Gasteiger partial charge on any atom is -0.368 e. The van der Waals surface area contributed by atoms with Gasteiger partial charge in [-0.2, -0.15) is 0 Å². The SMILES string of the molecule is CCCc1cc(N(C)Cc2cnccn2)c2ccccc2n1. The van der Waals surface area contributed by atoms with Crippen molar-refractivity contribution < 1.29 is 0 Å². The molecule has 0 aliphatic heterocycles. The van der Waals surface area contributed by atoms with Crippen LogP contribution in [0.4, 0.5) is 5.69 Å². The van der Waals surface area contributed by atoms with Crippen molar-refractivity contribution in [2.24, 2.45) is 0 Å². The summed E-state index contributed by atoms with van der Waals surface area (Å²) in [6, 6.07) is 10.5. The van der Waals surface area contributed by atoms with E-state index in [1.165, 1.54) is 11.1 Å². The second-order valence-corrected chi connectivity index (χ2v) is 5.45. The Morgan fingerprint density at radius 1 is 1.09 bits per heavy atom. The van der Waals surface area contributed by atoms with Crippen molar-refractivity contribution in [2.75, 3.05) is 11.9 Å². The van der Waals surface area contributed by atoms with E-state index in [0.717, 1.165) is 36.3 Å². The number of aryl methyl sites for hydroxylation is 1. The normalized spacial score (nSPS) is 10.8. The maximum Gasteiger partial charge on any atom is 0.0779 e. The van der Waals surface area contributed by atoms with Crippen LogP contribution in [0.1, 0.15) is 24.7 Å². The fourth-order valence-corrected chi connectivity index (χ4v) is 2.65. The molecule has 1 aromatic carbocycles. The van der Waals surface area contributed by atoms with Crippen LogP contribution in [0.5, 0.6) is 0 Å². The third-order valence-corrected chi connectivity index (χ3v) is 3.68. The highest BCUT2D eigenvalue weighted by Gasteiger charge is 2.10. The molecule has 0 aliphatic carbocycles. The highest BCUT2D eigenvalue weighted by atomic mass is 15.1. The predicted molar refractivity (Wildman–Crippen MR) is 89.9 cm³/mol. The maximum atomic E-state index is 4.76. The number of anilines is 1. The van der Waals surface area contributed by atoms with Crippen molar-refractivity contribution in [2.45, 2.75) is 26.3 Å². The first-order valence-electron chi connectivity index (χ1n) is 7.62. The van der Waals surface area contributed by atoms with E-state index in [-0.39, 0.29) is 0 Å². The minimum absolute atomic E-state index is 0.730. The molecule has 0 N–H and O–H groups in total. The largest absolute Gasteiger partial charge is 0.368 e. The van der Waals surface area contributed by atoms with E-state index in [0.29, 0.717) is 0 Å². The van der Waals surface area contributed by atoms with Crippen LogP contribution in [0.25, 0.3) is 10.9 Å². The van der Waals surface area contributed by atoms with Crippen molar-refractivity contribution in [1.82, 2.24) is 15.0 Å². The molecule has 112 valence electrons. The fraction of sp³-hybridized carbons (Fsp3) is 0.278. The second-order valence-electron chi connectivity index (χ2n) is 5.45. The fourth-order valence-electron chi connectivity index (χ4n) is 2.65. The molecule has 0 bridgehead atoms. The van der Waals surface area contributed by atoms with E-state index in [9.17, 15) is 0 Å². The summed E-state index contributed by atoms with van der Waals surface area (Å²) in [6.45, 7) is 2.91. The van der Waals surface area contributed by atoms with Crippen LogP contribution >= 0.6 is 0 Å². The average Bonchev–Trinajstić information content (AvgIpc) is 2.55. The molecule has 0 unspecified atom stereocenters. The summed E-state index contributed by atoms with van der Waals surface area (Å²) in [6.07, 6.45) is 7.34. The smallest absolute Gasteiger partial charge is 0.0779 e. The Morgan fingerprint density at radius 2 is 1.95 bits per heavy atom. The molecule has 4 heteroatoms. The van der Waals surface area contributed by atoms with Gasteiger partial charge in [0.05, 0.1) is 24.0 Å². The summed E-state index contributed by atoms with van der Waals surface area (Å²) in [4.78, 5) is 15.5. The van der Waals surface area contributed by atoms with Crippen molar-refractivity contribution in [3.63, 3.8) is 0 Å². The van der Waals surface area contributed by atoms with Gasteiger partial charge in [-0.3, -0.25) is 15.0 Å². The van der Waals surface area contributed by atoms with Crippen LogP contribution in [-0.2, 0) is 13.0 Å².